The number of rotatable bonds is 7. The Balaban J connectivity index is 1.36. The minimum Gasteiger partial charge on any atom is -0.488 e. The van der Waals surface area contributed by atoms with Gasteiger partial charge in [-0.3, -0.25) is 10.1 Å². The topological polar surface area (TPSA) is 69.0 Å². The van der Waals surface area contributed by atoms with Crippen molar-refractivity contribution in [1.82, 2.24) is 14.8 Å². The highest BCUT2D eigenvalue weighted by atomic mass is 35.5. The Bertz CT molecular complexity index is 1290. The molecule has 4 aromatic rings. The molecule has 170 valence electrons. The van der Waals surface area contributed by atoms with Crippen molar-refractivity contribution in [3.8, 4) is 5.75 Å². The van der Waals surface area contributed by atoms with Gasteiger partial charge in [-0.1, -0.05) is 47.0 Å². The van der Waals surface area contributed by atoms with Gasteiger partial charge in [-0.25, -0.2) is 9.67 Å². The van der Waals surface area contributed by atoms with Crippen molar-refractivity contribution >= 4 is 46.4 Å². The predicted molar refractivity (Wildman–Crippen MR) is 133 cm³/mol. The van der Waals surface area contributed by atoms with Crippen LogP contribution in [0, 0.1) is 20.8 Å². The second kappa shape index (κ2) is 9.95. The van der Waals surface area contributed by atoms with Gasteiger partial charge in [-0.2, -0.15) is 0 Å². The summed E-state index contributed by atoms with van der Waals surface area (Å²) < 4.78 is 7.63. The van der Waals surface area contributed by atoms with E-state index in [-0.39, 0.29) is 11.9 Å². The van der Waals surface area contributed by atoms with Gasteiger partial charge in [0.05, 0.1) is 11.4 Å². The molecule has 0 aliphatic carbocycles. The first kappa shape index (κ1) is 23.3. The molecule has 0 saturated carbocycles. The number of carbonyl (C=O) groups excluding carboxylic acids is 1. The summed E-state index contributed by atoms with van der Waals surface area (Å²) >= 11 is 13.5. The first-order valence-electron chi connectivity index (χ1n) is 10.2. The number of nitrogens with one attached hydrogen (secondary N) is 1. The number of carbonyl (C=O) groups is 1. The summed E-state index contributed by atoms with van der Waals surface area (Å²) in [5, 5.41) is 10.1. The van der Waals surface area contributed by atoms with Crippen molar-refractivity contribution in [2.24, 2.45) is 0 Å². The molecule has 1 amide bonds. The molecule has 4 rings (SSSR count). The molecular weight excluding hydrogens is 479 g/mol. The van der Waals surface area contributed by atoms with Crippen LogP contribution >= 0.6 is 34.5 Å². The van der Waals surface area contributed by atoms with Crippen LogP contribution < -0.4 is 10.1 Å². The maximum absolute atomic E-state index is 12.6. The second-order valence-electron chi connectivity index (χ2n) is 7.79. The minimum atomic E-state index is -0.267. The van der Waals surface area contributed by atoms with E-state index in [9.17, 15) is 4.79 Å². The van der Waals surface area contributed by atoms with Gasteiger partial charge >= 0.3 is 0 Å². The number of hydrogen-bond acceptors (Lipinski definition) is 5. The Hall–Kier alpha value is -2.87. The number of halogens is 2. The predicted octanol–water partition coefficient (Wildman–Crippen LogP) is 6.45. The van der Waals surface area contributed by atoms with E-state index in [4.69, 9.17) is 27.9 Å². The molecule has 6 nitrogen and oxygen atoms in total. The van der Waals surface area contributed by atoms with Crippen molar-refractivity contribution in [3.05, 3.63) is 90.8 Å². The summed E-state index contributed by atoms with van der Waals surface area (Å²) in [6, 6.07) is 11.3. The normalized spacial score (nSPS) is 10.9. The average Bonchev–Trinajstić information content (AvgIpc) is 3.39. The lowest BCUT2D eigenvalue weighted by atomic mass is 10.1. The number of anilines is 1. The number of aromatic nitrogens is 3. The number of ether oxygens (including phenoxy) is 1. The monoisotopic (exact) mass is 500 g/mol. The Labute approximate surface area is 206 Å². The van der Waals surface area contributed by atoms with E-state index < -0.39 is 0 Å². The molecule has 0 aliphatic rings. The van der Waals surface area contributed by atoms with E-state index in [1.807, 2.05) is 31.4 Å². The highest BCUT2D eigenvalue weighted by molar-refractivity contribution is 7.12. The molecule has 0 fully saturated rings. The standard InChI is InChI=1S/C24H22Cl2N4O2S/c1-14-6-15(2)22(16(3)7-14)32-11-17-8-21(33-12-17)23(31)28-24-27-13-30(29-24)10-18-4-5-19(25)9-20(18)26/h4-9,12-13H,10-11H2,1-3H3,(H,28,29,31). The first-order valence-corrected chi connectivity index (χ1v) is 11.8. The molecule has 0 radical (unpaired) electrons. The summed E-state index contributed by atoms with van der Waals surface area (Å²) in [5.41, 5.74) is 5.19. The third-order valence-electron chi connectivity index (χ3n) is 4.97. The van der Waals surface area contributed by atoms with Crippen molar-refractivity contribution < 1.29 is 9.53 Å². The molecule has 2 aromatic heterocycles. The van der Waals surface area contributed by atoms with Gasteiger partial charge in [0.1, 0.15) is 18.7 Å². The van der Waals surface area contributed by atoms with Crippen LogP contribution in [0.5, 0.6) is 5.75 Å². The molecule has 0 unspecified atom stereocenters. The van der Waals surface area contributed by atoms with Crippen LogP contribution in [0.2, 0.25) is 10.0 Å². The van der Waals surface area contributed by atoms with E-state index in [0.717, 1.165) is 28.0 Å². The molecule has 0 atom stereocenters. The first-order chi connectivity index (χ1) is 15.8. The van der Waals surface area contributed by atoms with Gasteiger partial charge in [0, 0.05) is 15.6 Å². The van der Waals surface area contributed by atoms with Crippen molar-refractivity contribution in [2.75, 3.05) is 5.32 Å². The highest BCUT2D eigenvalue weighted by Gasteiger charge is 2.14. The zero-order valence-electron chi connectivity index (χ0n) is 18.4. The van der Waals surface area contributed by atoms with Crippen LogP contribution in [0.4, 0.5) is 5.95 Å². The molecule has 0 bridgehead atoms. The maximum Gasteiger partial charge on any atom is 0.268 e. The third-order valence-corrected chi connectivity index (χ3v) is 6.54. The van der Waals surface area contributed by atoms with Crippen LogP contribution in [0.15, 0.2) is 48.1 Å². The fourth-order valence-corrected chi connectivity index (χ4v) is 4.80. The molecule has 9 heteroatoms. The second-order valence-corrected chi connectivity index (χ2v) is 9.55. The van der Waals surface area contributed by atoms with E-state index in [2.05, 4.69) is 34.5 Å². The molecule has 33 heavy (non-hydrogen) atoms. The van der Waals surface area contributed by atoms with Gasteiger partial charge in [-0.05, 0) is 61.0 Å². The van der Waals surface area contributed by atoms with Crippen LogP contribution in [0.3, 0.4) is 0 Å². The zero-order chi connectivity index (χ0) is 23.5. The fourth-order valence-electron chi connectivity index (χ4n) is 3.54. The molecule has 0 aliphatic heterocycles. The molecular formula is C24H22Cl2N4O2S. The molecule has 0 saturated heterocycles. The number of thiophene rings is 1. The SMILES string of the molecule is Cc1cc(C)c(OCc2csc(C(=O)Nc3ncn(Cc4ccc(Cl)cc4Cl)n3)c2)c(C)c1. The number of benzene rings is 2. The van der Waals surface area contributed by atoms with Gasteiger partial charge in [-0.15, -0.1) is 16.4 Å². The lowest BCUT2D eigenvalue weighted by Gasteiger charge is -2.12. The van der Waals surface area contributed by atoms with Gasteiger partial charge in [0.25, 0.3) is 5.91 Å². The summed E-state index contributed by atoms with van der Waals surface area (Å²) in [4.78, 5) is 17.4. The van der Waals surface area contributed by atoms with Crippen LogP contribution in [-0.2, 0) is 13.2 Å². The number of aryl methyl sites for hydroxylation is 3. The van der Waals surface area contributed by atoms with E-state index in [0.29, 0.717) is 28.1 Å². The average molecular weight is 501 g/mol. The molecule has 2 heterocycles. The fraction of sp³-hybridized carbons (Fsp3) is 0.208. The Morgan fingerprint density at radius 1 is 1.12 bits per heavy atom. The van der Waals surface area contributed by atoms with Crippen LogP contribution in [-0.4, -0.2) is 20.7 Å². The van der Waals surface area contributed by atoms with Gasteiger partial charge in [0.15, 0.2) is 0 Å². The summed E-state index contributed by atoms with van der Waals surface area (Å²) in [6.07, 6.45) is 1.54. The number of amides is 1. The highest BCUT2D eigenvalue weighted by Crippen LogP contribution is 2.26. The third kappa shape index (κ3) is 5.74. The van der Waals surface area contributed by atoms with Gasteiger partial charge in [0.2, 0.25) is 5.95 Å². The van der Waals surface area contributed by atoms with E-state index >= 15 is 0 Å². The summed E-state index contributed by atoms with van der Waals surface area (Å²) in [7, 11) is 0. The molecule has 1 N–H and O–H groups in total. The van der Waals surface area contributed by atoms with Crippen LogP contribution in [0.1, 0.15) is 37.5 Å². The Morgan fingerprint density at radius 2 is 1.88 bits per heavy atom. The molecule has 2 aromatic carbocycles. The van der Waals surface area contributed by atoms with Crippen molar-refractivity contribution in [2.45, 2.75) is 33.9 Å². The number of hydrogen-bond donors (Lipinski definition) is 1. The van der Waals surface area contributed by atoms with Gasteiger partial charge < -0.3 is 4.74 Å². The summed E-state index contributed by atoms with van der Waals surface area (Å²) in [6.45, 7) is 6.95. The van der Waals surface area contributed by atoms with E-state index in [1.54, 1.807) is 23.1 Å². The quantitative estimate of drug-likeness (QED) is 0.316. The maximum atomic E-state index is 12.6. The van der Waals surface area contributed by atoms with Crippen molar-refractivity contribution in [3.63, 3.8) is 0 Å². The lowest BCUT2D eigenvalue weighted by molar-refractivity contribution is 0.102. The Kier molecular flexibility index (Phi) is 7.02. The van der Waals surface area contributed by atoms with Crippen LogP contribution in [0.25, 0.3) is 0 Å². The lowest BCUT2D eigenvalue weighted by Crippen LogP contribution is -2.12. The largest absolute Gasteiger partial charge is 0.488 e. The number of nitrogens with zero attached hydrogens (tertiary/aromatic N) is 3. The van der Waals surface area contributed by atoms with Crippen molar-refractivity contribution in [1.29, 1.82) is 0 Å². The zero-order valence-corrected chi connectivity index (χ0v) is 20.7. The minimum absolute atomic E-state index is 0.224. The summed E-state index contributed by atoms with van der Waals surface area (Å²) in [5.74, 6) is 0.840. The Morgan fingerprint density at radius 3 is 2.61 bits per heavy atom. The smallest absolute Gasteiger partial charge is 0.268 e. The van der Waals surface area contributed by atoms with E-state index in [1.165, 1.54) is 16.9 Å². The molecule has 0 spiro atoms.